The summed E-state index contributed by atoms with van der Waals surface area (Å²) in [6, 6.07) is 0. The Bertz CT molecular complexity index is 159. The van der Waals surface area contributed by atoms with Crippen molar-refractivity contribution in [2.75, 3.05) is 6.54 Å². The van der Waals surface area contributed by atoms with Gasteiger partial charge in [0.05, 0.1) is 6.42 Å². The summed E-state index contributed by atoms with van der Waals surface area (Å²) < 4.78 is 0. The van der Waals surface area contributed by atoms with E-state index in [0.717, 1.165) is 25.7 Å². The molecule has 0 heterocycles. The summed E-state index contributed by atoms with van der Waals surface area (Å²) >= 11 is 0. The number of unbranched alkanes of at least 4 members (excludes halogenated alkanes) is 2. The fourth-order valence-electron chi connectivity index (χ4n) is 1.43. The molecule has 0 aromatic heterocycles. The van der Waals surface area contributed by atoms with Crippen LogP contribution in [0.3, 0.4) is 0 Å². The Morgan fingerprint density at radius 3 is 2.46 bits per heavy atom. The number of nitrogens with two attached hydrogens (primary N) is 1. The zero-order valence-corrected chi connectivity index (χ0v) is 8.68. The summed E-state index contributed by atoms with van der Waals surface area (Å²) in [5, 5.41) is 8.68. The van der Waals surface area contributed by atoms with Gasteiger partial charge in [-0.25, -0.2) is 0 Å². The van der Waals surface area contributed by atoms with Gasteiger partial charge in [0, 0.05) is 0 Å². The average molecular weight is 187 g/mol. The van der Waals surface area contributed by atoms with E-state index in [1.165, 1.54) is 0 Å². The number of hydrogen-bond acceptors (Lipinski definition) is 2. The average Bonchev–Trinajstić information content (AvgIpc) is 2.04. The van der Waals surface area contributed by atoms with Gasteiger partial charge in [-0.05, 0) is 18.4 Å². The minimum absolute atomic E-state index is 0.188. The molecule has 0 rings (SSSR count). The monoisotopic (exact) mass is 187 g/mol. The van der Waals surface area contributed by atoms with E-state index in [1.54, 1.807) is 0 Å². The lowest BCUT2D eigenvalue weighted by Crippen LogP contribution is -2.29. The van der Waals surface area contributed by atoms with Crippen molar-refractivity contribution in [1.29, 1.82) is 0 Å². The lowest BCUT2D eigenvalue weighted by atomic mass is 9.81. The second-order valence-electron chi connectivity index (χ2n) is 4.04. The molecule has 0 spiro atoms. The molecule has 0 aromatic carbocycles. The zero-order valence-electron chi connectivity index (χ0n) is 8.68. The van der Waals surface area contributed by atoms with Crippen LogP contribution in [-0.2, 0) is 4.79 Å². The molecule has 3 nitrogen and oxygen atoms in total. The van der Waals surface area contributed by atoms with Crippen LogP contribution in [0, 0.1) is 5.41 Å². The van der Waals surface area contributed by atoms with Gasteiger partial charge in [-0.2, -0.15) is 0 Å². The lowest BCUT2D eigenvalue weighted by molar-refractivity contribution is -0.139. The molecular weight excluding hydrogens is 166 g/mol. The van der Waals surface area contributed by atoms with Crippen LogP contribution >= 0.6 is 0 Å². The van der Waals surface area contributed by atoms with Crippen molar-refractivity contribution in [3.63, 3.8) is 0 Å². The maximum Gasteiger partial charge on any atom is 0.303 e. The molecular formula is C10H21NO2. The standard InChI is InChI=1S/C10H21NO2/c1-3-4-5-6-10(2,8-11)7-9(12)13/h3-8,11H2,1-2H3,(H,12,13). The molecule has 0 saturated heterocycles. The zero-order chi connectivity index (χ0) is 10.3. The van der Waals surface area contributed by atoms with Gasteiger partial charge in [0.25, 0.3) is 0 Å². The van der Waals surface area contributed by atoms with E-state index in [9.17, 15) is 4.79 Å². The smallest absolute Gasteiger partial charge is 0.303 e. The molecule has 0 saturated carbocycles. The number of carboxylic acid groups (broad SMARTS) is 1. The fourth-order valence-corrected chi connectivity index (χ4v) is 1.43. The molecule has 0 bridgehead atoms. The second-order valence-corrected chi connectivity index (χ2v) is 4.04. The molecule has 0 aliphatic rings. The molecule has 0 amide bonds. The first kappa shape index (κ1) is 12.4. The normalized spacial score (nSPS) is 15.3. The minimum Gasteiger partial charge on any atom is -0.481 e. The summed E-state index contributed by atoms with van der Waals surface area (Å²) in [6.45, 7) is 4.55. The first-order chi connectivity index (χ1) is 6.04. The highest BCUT2D eigenvalue weighted by atomic mass is 16.4. The highest BCUT2D eigenvalue weighted by Gasteiger charge is 2.24. The van der Waals surface area contributed by atoms with Crippen LogP contribution in [0.4, 0.5) is 0 Å². The van der Waals surface area contributed by atoms with Crippen LogP contribution < -0.4 is 5.73 Å². The Morgan fingerprint density at radius 1 is 1.46 bits per heavy atom. The van der Waals surface area contributed by atoms with Gasteiger partial charge >= 0.3 is 5.97 Å². The minimum atomic E-state index is -0.746. The maximum absolute atomic E-state index is 10.6. The van der Waals surface area contributed by atoms with Crippen LogP contribution in [0.5, 0.6) is 0 Å². The summed E-state index contributed by atoms with van der Waals surface area (Å²) in [4.78, 5) is 10.6. The van der Waals surface area contributed by atoms with Gasteiger partial charge in [0.1, 0.15) is 0 Å². The van der Waals surface area contributed by atoms with Crippen LogP contribution in [0.1, 0.15) is 46.0 Å². The first-order valence-electron chi connectivity index (χ1n) is 4.96. The maximum atomic E-state index is 10.6. The van der Waals surface area contributed by atoms with E-state index < -0.39 is 5.97 Å². The summed E-state index contributed by atoms with van der Waals surface area (Å²) in [5.74, 6) is -0.746. The van der Waals surface area contributed by atoms with Crippen LogP contribution in [0.15, 0.2) is 0 Å². The topological polar surface area (TPSA) is 63.3 Å². The van der Waals surface area contributed by atoms with Crippen molar-refractivity contribution < 1.29 is 9.90 Å². The molecule has 0 aliphatic carbocycles. The van der Waals surface area contributed by atoms with E-state index in [-0.39, 0.29) is 11.8 Å². The number of carboxylic acids is 1. The number of hydrogen-bond donors (Lipinski definition) is 2. The third-order valence-corrected chi connectivity index (χ3v) is 2.45. The van der Waals surface area contributed by atoms with Gasteiger partial charge in [-0.1, -0.05) is 33.1 Å². The lowest BCUT2D eigenvalue weighted by Gasteiger charge is -2.25. The highest BCUT2D eigenvalue weighted by molar-refractivity contribution is 5.67. The fraction of sp³-hybridized carbons (Fsp3) is 0.900. The summed E-state index contributed by atoms with van der Waals surface area (Å²) in [6.07, 6.45) is 4.51. The van der Waals surface area contributed by atoms with Gasteiger partial charge in [-0.15, -0.1) is 0 Å². The van der Waals surface area contributed by atoms with Crippen LogP contribution in [-0.4, -0.2) is 17.6 Å². The third-order valence-electron chi connectivity index (χ3n) is 2.45. The quantitative estimate of drug-likeness (QED) is 0.599. The molecule has 0 aliphatic heterocycles. The molecule has 0 radical (unpaired) electrons. The number of aliphatic carboxylic acids is 1. The molecule has 3 heteroatoms. The van der Waals surface area contributed by atoms with Crippen molar-refractivity contribution in [2.45, 2.75) is 46.0 Å². The van der Waals surface area contributed by atoms with Crippen molar-refractivity contribution in [3.8, 4) is 0 Å². The van der Waals surface area contributed by atoms with Crippen molar-refractivity contribution in [1.82, 2.24) is 0 Å². The van der Waals surface area contributed by atoms with Gasteiger partial charge < -0.3 is 10.8 Å². The van der Waals surface area contributed by atoms with Crippen molar-refractivity contribution in [2.24, 2.45) is 11.1 Å². The van der Waals surface area contributed by atoms with Gasteiger partial charge in [0.15, 0.2) is 0 Å². The molecule has 1 atom stereocenters. The predicted molar refractivity (Wildman–Crippen MR) is 53.6 cm³/mol. The molecule has 78 valence electrons. The first-order valence-corrected chi connectivity index (χ1v) is 4.96. The largest absolute Gasteiger partial charge is 0.481 e. The van der Waals surface area contributed by atoms with Crippen molar-refractivity contribution in [3.05, 3.63) is 0 Å². The molecule has 13 heavy (non-hydrogen) atoms. The highest BCUT2D eigenvalue weighted by Crippen LogP contribution is 2.27. The third kappa shape index (κ3) is 5.64. The van der Waals surface area contributed by atoms with E-state index in [4.69, 9.17) is 10.8 Å². The van der Waals surface area contributed by atoms with Gasteiger partial charge in [0.2, 0.25) is 0 Å². The summed E-state index contributed by atoms with van der Waals surface area (Å²) in [5.41, 5.74) is 5.37. The second kappa shape index (κ2) is 5.97. The van der Waals surface area contributed by atoms with E-state index in [0.29, 0.717) is 6.54 Å². The van der Waals surface area contributed by atoms with Crippen LogP contribution in [0.25, 0.3) is 0 Å². The van der Waals surface area contributed by atoms with E-state index in [2.05, 4.69) is 6.92 Å². The molecule has 0 fully saturated rings. The summed E-state index contributed by atoms with van der Waals surface area (Å²) in [7, 11) is 0. The Balaban J connectivity index is 3.88. The van der Waals surface area contributed by atoms with E-state index in [1.807, 2.05) is 6.92 Å². The number of rotatable bonds is 7. The van der Waals surface area contributed by atoms with E-state index >= 15 is 0 Å². The number of carbonyl (C=O) groups is 1. The van der Waals surface area contributed by atoms with Gasteiger partial charge in [-0.3, -0.25) is 4.79 Å². The van der Waals surface area contributed by atoms with Crippen molar-refractivity contribution >= 4 is 5.97 Å². The van der Waals surface area contributed by atoms with Crippen LogP contribution in [0.2, 0.25) is 0 Å². The Labute approximate surface area is 80.3 Å². The SMILES string of the molecule is CCCCCC(C)(CN)CC(=O)O. The Morgan fingerprint density at radius 2 is 2.08 bits per heavy atom. The molecule has 3 N–H and O–H groups in total. The molecule has 1 unspecified atom stereocenters. The Hall–Kier alpha value is -0.570. The predicted octanol–water partition coefficient (Wildman–Crippen LogP) is 2.01. The Kier molecular flexibility index (Phi) is 5.71. The molecule has 0 aromatic rings.